The van der Waals surface area contributed by atoms with Crippen LogP contribution in [0.3, 0.4) is 0 Å². The predicted octanol–water partition coefficient (Wildman–Crippen LogP) is 2.66. The van der Waals surface area contributed by atoms with Crippen molar-refractivity contribution in [3.05, 3.63) is 23.8 Å². The van der Waals surface area contributed by atoms with E-state index in [1.807, 2.05) is 36.3 Å². The first-order valence-electron chi connectivity index (χ1n) is 8.20. The Kier molecular flexibility index (Phi) is 5.46. The number of nitrogens with one attached hydrogen (secondary N) is 1. The first kappa shape index (κ1) is 16.6. The first-order valence-corrected chi connectivity index (χ1v) is 9.43. The minimum absolute atomic E-state index is 0.0189. The maximum atomic E-state index is 12.6. The SMILES string of the molecule is CSc1cccc(C)c1NC(=O)N1CCC(N2CCOCC2)C1. The zero-order valence-electron chi connectivity index (χ0n) is 13.9. The van der Waals surface area contributed by atoms with Gasteiger partial charge >= 0.3 is 6.03 Å². The Morgan fingerprint density at radius 3 is 2.83 bits per heavy atom. The highest BCUT2D eigenvalue weighted by Gasteiger charge is 2.31. The maximum Gasteiger partial charge on any atom is 0.321 e. The van der Waals surface area contributed by atoms with E-state index in [-0.39, 0.29) is 6.03 Å². The van der Waals surface area contributed by atoms with Gasteiger partial charge in [0.05, 0.1) is 18.9 Å². The molecule has 1 aromatic rings. The number of likely N-dealkylation sites (tertiary alicyclic amines) is 1. The van der Waals surface area contributed by atoms with Gasteiger partial charge in [0.25, 0.3) is 0 Å². The molecule has 0 spiro atoms. The molecule has 3 rings (SSSR count). The highest BCUT2D eigenvalue weighted by atomic mass is 32.2. The fraction of sp³-hybridized carbons (Fsp3) is 0.588. The van der Waals surface area contributed by atoms with E-state index in [4.69, 9.17) is 4.74 Å². The Morgan fingerprint density at radius 2 is 2.09 bits per heavy atom. The van der Waals surface area contributed by atoms with Gasteiger partial charge in [0, 0.05) is 37.1 Å². The molecule has 0 aromatic heterocycles. The quantitative estimate of drug-likeness (QED) is 0.863. The number of para-hydroxylation sites is 1. The molecule has 2 aliphatic heterocycles. The van der Waals surface area contributed by atoms with E-state index in [1.165, 1.54) is 0 Å². The van der Waals surface area contributed by atoms with Crippen molar-refractivity contribution in [2.75, 3.05) is 51.0 Å². The third kappa shape index (κ3) is 3.82. The van der Waals surface area contributed by atoms with Crippen LogP contribution in [0.15, 0.2) is 23.1 Å². The lowest BCUT2D eigenvalue weighted by atomic mass is 10.2. The van der Waals surface area contributed by atoms with Gasteiger partial charge in [0.15, 0.2) is 0 Å². The lowest BCUT2D eigenvalue weighted by molar-refractivity contribution is 0.0192. The average Bonchev–Trinajstić information content (AvgIpc) is 3.07. The summed E-state index contributed by atoms with van der Waals surface area (Å²) in [6.45, 7) is 7.26. The number of urea groups is 1. The number of nitrogens with zero attached hydrogens (tertiary/aromatic N) is 2. The molecule has 0 aliphatic carbocycles. The highest BCUT2D eigenvalue weighted by Crippen LogP contribution is 2.29. The molecule has 2 saturated heterocycles. The summed E-state index contributed by atoms with van der Waals surface area (Å²) in [7, 11) is 0. The molecule has 23 heavy (non-hydrogen) atoms. The summed E-state index contributed by atoms with van der Waals surface area (Å²) >= 11 is 1.66. The molecule has 126 valence electrons. The number of anilines is 1. The lowest BCUT2D eigenvalue weighted by Crippen LogP contribution is -2.45. The Hall–Kier alpha value is -1.24. The fourth-order valence-electron chi connectivity index (χ4n) is 3.32. The normalized spacial score (nSPS) is 22.3. The number of hydrogen-bond donors (Lipinski definition) is 1. The molecule has 1 aromatic carbocycles. The monoisotopic (exact) mass is 335 g/mol. The molecule has 6 heteroatoms. The van der Waals surface area contributed by atoms with Crippen molar-refractivity contribution >= 4 is 23.5 Å². The summed E-state index contributed by atoms with van der Waals surface area (Å²) in [6, 6.07) is 6.61. The van der Waals surface area contributed by atoms with Crippen molar-refractivity contribution in [2.24, 2.45) is 0 Å². The summed E-state index contributed by atoms with van der Waals surface area (Å²) in [4.78, 5) is 18.1. The molecule has 5 nitrogen and oxygen atoms in total. The average molecular weight is 335 g/mol. The largest absolute Gasteiger partial charge is 0.379 e. The van der Waals surface area contributed by atoms with Crippen LogP contribution in [-0.2, 0) is 4.74 Å². The van der Waals surface area contributed by atoms with E-state index < -0.39 is 0 Å². The van der Waals surface area contributed by atoms with E-state index in [9.17, 15) is 4.79 Å². The molecule has 0 saturated carbocycles. The van der Waals surface area contributed by atoms with Crippen LogP contribution in [0.25, 0.3) is 0 Å². The lowest BCUT2D eigenvalue weighted by Gasteiger charge is -2.32. The Labute approximate surface area is 142 Å². The highest BCUT2D eigenvalue weighted by molar-refractivity contribution is 7.98. The van der Waals surface area contributed by atoms with Gasteiger partial charge in [-0.25, -0.2) is 4.79 Å². The molecule has 1 atom stereocenters. The van der Waals surface area contributed by atoms with Crippen molar-refractivity contribution < 1.29 is 9.53 Å². The van der Waals surface area contributed by atoms with Crippen molar-refractivity contribution in [3.8, 4) is 0 Å². The summed E-state index contributed by atoms with van der Waals surface area (Å²) in [5.74, 6) is 0. The smallest absolute Gasteiger partial charge is 0.321 e. The second kappa shape index (κ2) is 7.55. The van der Waals surface area contributed by atoms with E-state index in [1.54, 1.807) is 11.8 Å². The molecule has 0 radical (unpaired) electrons. The molecule has 2 amide bonds. The van der Waals surface area contributed by atoms with Gasteiger partial charge in [0.2, 0.25) is 0 Å². The van der Waals surface area contributed by atoms with Gasteiger partial charge in [-0.2, -0.15) is 0 Å². The topological polar surface area (TPSA) is 44.8 Å². The van der Waals surface area contributed by atoms with E-state index >= 15 is 0 Å². The molecule has 2 heterocycles. The van der Waals surface area contributed by atoms with E-state index in [0.29, 0.717) is 6.04 Å². The van der Waals surface area contributed by atoms with Crippen LogP contribution >= 0.6 is 11.8 Å². The Bertz CT molecular complexity index is 561. The van der Waals surface area contributed by atoms with E-state index in [0.717, 1.165) is 62.0 Å². The number of hydrogen-bond acceptors (Lipinski definition) is 4. The van der Waals surface area contributed by atoms with Gasteiger partial charge in [-0.3, -0.25) is 4.90 Å². The Balaban J connectivity index is 1.61. The summed E-state index contributed by atoms with van der Waals surface area (Å²) in [5.41, 5.74) is 2.05. The predicted molar refractivity (Wildman–Crippen MR) is 94.3 cm³/mol. The molecular weight excluding hydrogens is 310 g/mol. The minimum atomic E-state index is 0.0189. The van der Waals surface area contributed by atoms with Crippen molar-refractivity contribution in [1.29, 1.82) is 0 Å². The molecular formula is C17H25N3O2S. The number of ether oxygens (including phenoxy) is 1. The number of aryl methyl sites for hydroxylation is 1. The van der Waals surface area contributed by atoms with Crippen molar-refractivity contribution in [3.63, 3.8) is 0 Å². The number of benzene rings is 1. The van der Waals surface area contributed by atoms with Crippen LogP contribution < -0.4 is 5.32 Å². The molecule has 2 fully saturated rings. The zero-order chi connectivity index (χ0) is 16.2. The van der Waals surface area contributed by atoms with Crippen LogP contribution in [0.2, 0.25) is 0 Å². The molecule has 1 N–H and O–H groups in total. The minimum Gasteiger partial charge on any atom is -0.379 e. The first-order chi connectivity index (χ1) is 11.2. The van der Waals surface area contributed by atoms with Gasteiger partial charge < -0.3 is 15.0 Å². The van der Waals surface area contributed by atoms with Crippen LogP contribution in [0.1, 0.15) is 12.0 Å². The second-order valence-corrected chi connectivity index (χ2v) is 6.97. The second-order valence-electron chi connectivity index (χ2n) is 6.12. The van der Waals surface area contributed by atoms with Gasteiger partial charge in [-0.1, -0.05) is 12.1 Å². The van der Waals surface area contributed by atoms with Crippen LogP contribution in [0.4, 0.5) is 10.5 Å². The van der Waals surface area contributed by atoms with Gasteiger partial charge in [0.1, 0.15) is 0 Å². The van der Waals surface area contributed by atoms with Crippen LogP contribution in [0, 0.1) is 6.92 Å². The third-order valence-corrected chi connectivity index (χ3v) is 5.48. The molecule has 2 aliphatic rings. The summed E-state index contributed by atoms with van der Waals surface area (Å²) in [6.07, 6.45) is 3.09. The summed E-state index contributed by atoms with van der Waals surface area (Å²) < 4.78 is 5.41. The van der Waals surface area contributed by atoms with Crippen LogP contribution in [0.5, 0.6) is 0 Å². The molecule has 1 unspecified atom stereocenters. The summed E-state index contributed by atoms with van der Waals surface area (Å²) in [5, 5.41) is 3.12. The Morgan fingerprint density at radius 1 is 1.30 bits per heavy atom. The number of carbonyl (C=O) groups excluding carboxylic acids is 1. The maximum absolute atomic E-state index is 12.6. The number of carbonyl (C=O) groups is 1. The standard InChI is InChI=1S/C17H25N3O2S/c1-13-4-3-5-15(23-2)16(13)18-17(21)20-7-6-14(12-20)19-8-10-22-11-9-19/h3-5,14H,6-12H2,1-2H3,(H,18,21). The van der Waals surface area contributed by atoms with Crippen molar-refractivity contribution in [2.45, 2.75) is 24.3 Å². The van der Waals surface area contributed by atoms with Crippen LogP contribution in [-0.4, -0.2) is 67.5 Å². The number of morpholine rings is 1. The zero-order valence-corrected chi connectivity index (χ0v) is 14.7. The van der Waals surface area contributed by atoms with Crippen molar-refractivity contribution in [1.82, 2.24) is 9.80 Å². The van der Waals surface area contributed by atoms with Gasteiger partial charge in [-0.05, 0) is 31.2 Å². The number of rotatable bonds is 3. The van der Waals surface area contributed by atoms with Gasteiger partial charge in [-0.15, -0.1) is 11.8 Å². The van der Waals surface area contributed by atoms with E-state index in [2.05, 4.69) is 10.2 Å². The third-order valence-electron chi connectivity index (χ3n) is 4.70. The number of amides is 2. The molecule has 0 bridgehead atoms. The fourth-order valence-corrected chi connectivity index (χ4v) is 3.95. The number of thioether (sulfide) groups is 1.